The maximum Gasteiger partial charge on any atom is 0.123 e. The van der Waals surface area contributed by atoms with Crippen molar-refractivity contribution in [3.05, 3.63) is 53.3 Å². The van der Waals surface area contributed by atoms with E-state index in [1.165, 1.54) is 12.1 Å². The van der Waals surface area contributed by atoms with Crippen LogP contribution in [0.4, 0.5) is 21.5 Å². The summed E-state index contributed by atoms with van der Waals surface area (Å²) in [5.41, 5.74) is 9.10. The van der Waals surface area contributed by atoms with Gasteiger partial charge in [0.05, 0.1) is 23.0 Å². The molecule has 3 N–H and O–H groups in total. The molecule has 0 spiro atoms. The molecule has 0 fully saturated rings. The Kier molecular flexibility index (Phi) is 3.16. The number of halogens is 1. The van der Waals surface area contributed by atoms with Crippen molar-refractivity contribution in [1.29, 1.82) is 5.26 Å². The van der Waals surface area contributed by atoms with Gasteiger partial charge < -0.3 is 11.1 Å². The minimum absolute atomic E-state index is 0.272. The number of nitrogens with two attached hydrogens (primary N) is 1. The van der Waals surface area contributed by atoms with E-state index in [2.05, 4.69) is 5.32 Å². The number of nitrogens with zero attached hydrogens (tertiary/aromatic N) is 1. The second-order valence-corrected chi connectivity index (χ2v) is 4.00. The first-order valence-electron chi connectivity index (χ1n) is 5.43. The van der Waals surface area contributed by atoms with E-state index in [-0.39, 0.29) is 5.82 Å². The van der Waals surface area contributed by atoms with Crippen LogP contribution in [0, 0.1) is 24.1 Å². The number of anilines is 3. The summed E-state index contributed by atoms with van der Waals surface area (Å²) in [6.45, 7) is 1.81. The second-order valence-electron chi connectivity index (χ2n) is 4.00. The van der Waals surface area contributed by atoms with Crippen LogP contribution in [0.25, 0.3) is 0 Å². The number of hydrogen-bond acceptors (Lipinski definition) is 3. The predicted molar refractivity (Wildman–Crippen MR) is 70.0 cm³/mol. The lowest BCUT2D eigenvalue weighted by molar-refractivity contribution is 0.627. The van der Waals surface area contributed by atoms with Gasteiger partial charge >= 0.3 is 0 Å². The van der Waals surface area contributed by atoms with E-state index in [1.54, 1.807) is 24.3 Å². The molecule has 0 unspecified atom stereocenters. The molecule has 2 aromatic carbocycles. The van der Waals surface area contributed by atoms with Crippen molar-refractivity contribution in [2.45, 2.75) is 6.92 Å². The number of benzene rings is 2. The maximum absolute atomic E-state index is 13.0. The summed E-state index contributed by atoms with van der Waals surface area (Å²) in [5.74, 6) is -0.272. The minimum atomic E-state index is -0.272. The molecule has 0 bridgehead atoms. The summed E-state index contributed by atoms with van der Waals surface area (Å²) in [6, 6.07) is 11.5. The van der Waals surface area contributed by atoms with E-state index in [4.69, 9.17) is 11.0 Å². The number of rotatable bonds is 2. The topological polar surface area (TPSA) is 61.8 Å². The number of nitrogen functional groups attached to an aromatic ring is 1. The highest BCUT2D eigenvalue weighted by Crippen LogP contribution is 2.26. The third kappa shape index (κ3) is 2.41. The Bertz CT molecular complexity index is 629. The molecule has 0 radical (unpaired) electrons. The lowest BCUT2D eigenvalue weighted by atomic mass is 10.1. The van der Waals surface area contributed by atoms with Crippen LogP contribution in [0.5, 0.6) is 0 Å². The molecule has 0 saturated heterocycles. The van der Waals surface area contributed by atoms with E-state index in [0.717, 1.165) is 11.3 Å². The van der Waals surface area contributed by atoms with Crippen LogP contribution in [0.15, 0.2) is 36.4 Å². The zero-order chi connectivity index (χ0) is 13.1. The summed E-state index contributed by atoms with van der Waals surface area (Å²) < 4.78 is 13.0. The van der Waals surface area contributed by atoms with Crippen molar-refractivity contribution in [2.75, 3.05) is 11.1 Å². The van der Waals surface area contributed by atoms with Gasteiger partial charge in [0, 0.05) is 5.69 Å². The summed E-state index contributed by atoms with van der Waals surface area (Å²) in [5, 5.41) is 11.9. The van der Waals surface area contributed by atoms with Crippen LogP contribution in [0.2, 0.25) is 0 Å². The number of hydrogen-bond donors (Lipinski definition) is 2. The van der Waals surface area contributed by atoms with Crippen molar-refractivity contribution in [2.24, 2.45) is 0 Å². The fourth-order valence-corrected chi connectivity index (χ4v) is 1.66. The van der Waals surface area contributed by atoms with E-state index in [0.29, 0.717) is 16.9 Å². The normalized spacial score (nSPS) is 9.83. The van der Waals surface area contributed by atoms with Gasteiger partial charge in [-0.15, -0.1) is 0 Å². The van der Waals surface area contributed by atoms with Crippen molar-refractivity contribution in [3.63, 3.8) is 0 Å². The second kappa shape index (κ2) is 4.76. The van der Waals surface area contributed by atoms with E-state index < -0.39 is 0 Å². The SMILES string of the molecule is Cc1cc(F)ccc1Nc1ccc(C#N)cc1N. The standard InChI is InChI=1S/C14H12FN3/c1-9-6-11(15)3-5-13(9)18-14-4-2-10(8-16)7-12(14)17/h2-7,18H,17H2,1H3. The smallest absolute Gasteiger partial charge is 0.123 e. The van der Waals surface area contributed by atoms with Crippen LogP contribution < -0.4 is 11.1 Å². The number of nitrogens with one attached hydrogen (secondary N) is 1. The van der Waals surface area contributed by atoms with Gasteiger partial charge in [-0.2, -0.15) is 5.26 Å². The van der Waals surface area contributed by atoms with E-state index in [9.17, 15) is 4.39 Å². The van der Waals surface area contributed by atoms with Crippen LogP contribution in [-0.2, 0) is 0 Å². The van der Waals surface area contributed by atoms with Crippen molar-refractivity contribution in [3.8, 4) is 6.07 Å². The van der Waals surface area contributed by atoms with Crippen molar-refractivity contribution < 1.29 is 4.39 Å². The van der Waals surface area contributed by atoms with Gasteiger partial charge in [-0.3, -0.25) is 0 Å². The predicted octanol–water partition coefficient (Wildman–Crippen LogP) is 3.33. The zero-order valence-electron chi connectivity index (χ0n) is 9.87. The molecule has 2 rings (SSSR count). The van der Waals surface area contributed by atoms with Gasteiger partial charge in [0.25, 0.3) is 0 Å². The molecule has 0 amide bonds. The van der Waals surface area contributed by atoms with Crippen LogP contribution in [-0.4, -0.2) is 0 Å². The largest absolute Gasteiger partial charge is 0.397 e. The van der Waals surface area contributed by atoms with Crippen LogP contribution in [0.3, 0.4) is 0 Å². The third-order valence-corrected chi connectivity index (χ3v) is 2.64. The maximum atomic E-state index is 13.0. The zero-order valence-corrected chi connectivity index (χ0v) is 9.87. The average Bonchev–Trinajstić information content (AvgIpc) is 2.34. The highest BCUT2D eigenvalue weighted by Gasteiger charge is 2.04. The average molecular weight is 241 g/mol. The Labute approximate surface area is 105 Å². The molecule has 18 heavy (non-hydrogen) atoms. The Morgan fingerprint density at radius 1 is 1.17 bits per heavy atom. The first-order valence-corrected chi connectivity index (χ1v) is 5.43. The molecule has 0 aliphatic rings. The fraction of sp³-hybridized carbons (Fsp3) is 0.0714. The summed E-state index contributed by atoms with van der Waals surface area (Å²) in [6.07, 6.45) is 0. The quantitative estimate of drug-likeness (QED) is 0.793. The Hall–Kier alpha value is -2.54. The fourth-order valence-electron chi connectivity index (χ4n) is 1.66. The lowest BCUT2D eigenvalue weighted by Crippen LogP contribution is -1.98. The lowest BCUT2D eigenvalue weighted by Gasteiger charge is -2.11. The Morgan fingerprint density at radius 2 is 1.89 bits per heavy atom. The molecule has 0 saturated carbocycles. The minimum Gasteiger partial charge on any atom is -0.397 e. The van der Waals surface area contributed by atoms with Gasteiger partial charge in [0.2, 0.25) is 0 Å². The molecular formula is C14H12FN3. The molecule has 3 nitrogen and oxygen atoms in total. The van der Waals surface area contributed by atoms with Gasteiger partial charge in [0.15, 0.2) is 0 Å². The van der Waals surface area contributed by atoms with Crippen molar-refractivity contribution in [1.82, 2.24) is 0 Å². The Morgan fingerprint density at radius 3 is 2.50 bits per heavy atom. The highest BCUT2D eigenvalue weighted by atomic mass is 19.1. The summed E-state index contributed by atoms with van der Waals surface area (Å²) in [4.78, 5) is 0. The molecule has 2 aromatic rings. The van der Waals surface area contributed by atoms with E-state index >= 15 is 0 Å². The molecule has 0 atom stereocenters. The molecule has 0 aliphatic heterocycles. The number of nitriles is 1. The number of aryl methyl sites for hydroxylation is 1. The summed E-state index contributed by atoms with van der Waals surface area (Å²) in [7, 11) is 0. The van der Waals surface area contributed by atoms with Gasteiger partial charge in [-0.25, -0.2) is 4.39 Å². The molecule has 0 aliphatic carbocycles. The van der Waals surface area contributed by atoms with Crippen LogP contribution in [0.1, 0.15) is 11.1 Å². The van der Waals surface area contributed by atoms with Crippen LogP contribution >= 0.6 is 0 Å². The first-order chi connectivity index (χ1) is 8.60. The summed E-state index contributed by atoms with van der Waals surface area (Å²) >= 11 is 0. The molecule has 4 heteroatoms. The molecule has 0 heterocycles. The van der Waals surface area contributed by atoms with Gasteiger partial charge in [0.1, 0.15) is 5.82 Å². The van der Waals surface area contributed by atoms with Gasteiger partial charge in [-0.1, -0.05) is 0 Å². The monoisotopic (exact) mass is 241 g/mol. The highest BCUT2D eigenvalue weighted by molar-refractivity contribution is 5.75. The Balaban J connectivity index is 2.32. The van der Waals surface area contributed by atoms with Crippen molar-refractivity contribution >= 4 is 17.1 Å². The van der Waals surface area contributed by atoms with E-state index in [1.807, 2.05) is 13.0 Å². The first kappa shape index (κ1) is 11.9. The van der Waals surface area contributed by atoms with Gasteiger partial charge in [-0.05, 0) is 48.9 Å². The molecule has 0 aromatic heterocycles. The third-order valence-electron chi connectivity index (χ3n) is 2.64. The molecular weight excluding hydrogens is 229 g/mol. The molecule has 90 valence electrons.